The third-order valence-electron chi connectivity index (χ3n) is 2.87. The van der Waals surface area contributed by atoms with Crippen molar-refractivity contribution in [3.05, 3.63) is 32.8 Å². The van der Waals surface area contributed by atoms with Gasteiger partial charge in [-0.05, 0) is 12.1 Å². The summed E-state index contributed by atoms with van der Waals surface area (Å²) < 4.78 is 0. The number of rotatable bonds is 1. The molecule has 1 aliphatic rings. The first-order valence-corrected chi connectivity index (χ1v) is 6.16. The Kier molecular flexibility index (Phi) is 3.45. The number of benzene rings is 1. The molecule has 1 fully saturated rings. The Hall–Kier alpha value is -0.970. The topological polar surface area (TPSA) is 40.6 Å². The Morgan fingerprint density at radius 2 is 1.56 bits per heavy atom. The van der Waals surface area contributed by atoms with Crippen LogP contribution in [0.5, 0.6) is 0 Å². The van der Waals surface area contributed by atoms with Gasteiger partial charge in [-0.15, -0.1) is 0 Å². The van der Waals surface area contributed by atoms with Gasteiger partial charge in [-0.25, -0.2) is 4.79 Å². The summed E-state index contributed by atoms with van der Waals surface area (Å²) in [6.45, 7) is 0. The van der Waals surface area contributed by atoms with E-state index < -0.39 is 6.04 Å². The normalized spacial score (nSPS) is 19.9. The summed E-state index contributed by atoms with van der Waals surface area (Å²) >= 11 is 17.8. The van der Waals surface area contributed by atoms with Gasteiger partial charge in [0.2, 0.25) is 0 Å². The quantitative estimate of drug-likeness (QED) is 0.590. The molecule has 1 aliphatic heterocycles. The minimum Gasteiger partial charge on any atom is -0.311 e. The summed E-state index contributed by atoms with van der Waals surface area (Å²) in [7, 11) is 2.96. The van der Waals surface area contributed by atoms with Crippen molar-refractivity contribution in [1.82, 2.24) is 9.80 Å². The van der Waals surface area contributed by atoms with Crippen LogP contribution in [0.3, 0.4) is 0 Å². The fraction of sp³-hybridized carbons (Fsp3) is 0.273. The van der Waals surface area contributed by atoms with Crippen LogP contribution in [0.4, 0.5) is 4.79 Å². The van der Waals surface area contributed by atoms with Gasteiger partial charge in [0.15, 0.2) is 0 Å². The lowest BCUT2D eigenvalue weighted by atomic mass is 10.1. The molecule has 1 saturated heterocycles. The van der Waals surface area contributed by atoms with Crippen LogP contribution in [-0.2, 0) is 4.79 Å². The monoisotopic (exact) mass is 306 g/mol. The van der Waals surface area contributed by atoms with E-state index in [1.54, 1.807) is 0 Å². The number of amides is 3. The zero-order valence-corrected chi connectivity index (χ0v) is 11.8. The highest BCUT2D eigenvalue weighted by atomic mass is 35.5. The minimum atomic E-state index is -0.759. The molecule has 96 valence electrons. The van der Waals surface area contributed by atoms with Gasteiger partial charge < -0.3 is 4.90 Å². The summed E-state index contributed by atoms with van der Waals surface area (Å²) in [4.78, 5) is 26.1. The molecule has 0 saturated carbocycles. The van der Waals surface area contributed by atoms with Gasteiger partial charge >= 0.3 is 6.03 Å². The largest absolute Gasteiger partial charge is 0.327 e. The van der Waals surface area contributed by atoms with Gasteiger partial charge in [0.25, 0.3) is 5.91 Å². The van der Waals surface area contributed by atoms with Crippen molar-refractivity contribution in [1.29, 1.82) is 0 Å². The number of carbonyl (C=O) groups is 2. The van der Waals surface area contributed by atoms with Crippen LogP contribution in [-0.4, -0.2) is 35.8 Å². The van der Waals surface area contributed by atoms with Crippen molar-refractivity contribution in [3.8, 4) is 0 Å². The van der Waals surface area contributed by atoms with Crippen molar-refractivity contribution in [2.45, 2.75) is 6.04 Å². The summed E-state index contributed by atoms with van der Waals surface area (Å²) in [5.41, 5.74) is 0.469. The molecular formula is C11H9Cl3N2O2. The maximum Gasteiger partial charge on any atom is 0.327 e. The van der Waals surface area contributed by atoms with Crippen molar-refractivity contribution < 1.29 is 9.59 Å². The molecule has 1 aromatic carbocycles. The average Bonchev–Trinajstić information content (AvgIpc) is 2.50. The number of hydrogen-bond acceptors (Lipinski definition) is 2. The highest BCUT2D eigenvalue weighted by Crippen LogP contribution is 2.37. The van der Waals surface area contributed by atoms with E-state index in [1.807, 2.05) is 0 Å². The Labute approximate surface area is 119 Å². The van der Waals surface area contributed by atoms with Gasteiger partial charge in [-0.3, -0.25) is 9.69 Å². The zero-order valence-electron chi connectivity index (χ0n) is 9.58. The predicted octanol–water partition coefficient (Wildman–Crippen LogP) is 3.21. The Morgan fingerprint density at radius 1 is 1.00 bits per heavy atom. The molecule has 7 heteroatoms. The molecule has 1 atom stereocenters. The fourth-order valence-electron chi connectivity index (χ4n) is 1.88. The van der Waals surface area contributed by atoms with E-state index >= 15 is 0 Å². The Balaban J connectivity index is 2.53. The van der Waals surface area contributed by atoms with E-state index in [0.717, 1.165) is 4.90 Å². The zero-order chi connectivity index (χ0) is 13.6. The number of imide groups is 1. The number of carbonyl (C=O) groups excluding carboxylic acids is 2. The molecule has 0 N–H and O–H groups in total. The second-order valence-electron chi connectivity index (χ2n) is 3.98. The number of halogens is 3. The summed E-state index contributed by atoms with van der Waals surface area (Å²) in [5, 5.41) is 0.898. The van der Waals surface area contributed by atoms with Crippen molar-refractivity contribution >= 4 is 46.7 Å². The Morgan fingerprint density at radius 3 is 2.06 bits per heavy atom. The third kappa shape index (κ3) is 1.94. The second-order valence-corrected chi connectivity index (χ2v) is 5.20. The average molecular weight is 308 g/mol. The Bertz CT molecular complexity index is 547. The number of nitrogens with zero attached hydrogens (tertiary/aromatic N) is 2. The SMILES string of the molecule is CN1C(=O)C(c2cc(Cl)c(Cl)cc2Cl)N(C)C1=O. The predicted molar refractivity (Wildman–Crippen MR) is 70.1 cm³/mol. The van der Waals surface area contributed by atoms with Crippen molar-refractivity contribution in [3.63, 3.8) is 0 Å². The van der Waals surface area contributed by atoms with Gasteiger partial charge in [0.05, 0.1) is 10.0 Å². The van der Waals surface area contributed by atoms with Crippen LogP contribution in [0.2, 0.25) is 15.1 Å². The van der Waals surface area contributed by atoms with Gasteiger partial charge in [-0.2, -0.15) is 0 Å². The molecule has 1 aromatic rings. The number of hydrogen-bond donors (Lipinski definition) is 0. The number of urea groups is 1. The lowest BCUT2D eigenvalue weighted by Gasteiger charge is -2.18. The molecule has 0 aromatic heterocycles. The summed E-state index contributed by atoms with van der Waals surface area (Å²) in [6.07, 6.45) is 0. The van der Waals surface area contributed by atoms with E-state index in [-0.39, 0.29) is 11.9 Å². The first-order valence-electron chi connectivity index (χ1n) is 5.03. The molecule has 0 spiro atoms. The van der Waals surface area contributed by atoms with Crippen LogP contribution in [0.15, 0.2) is 12.1 Å². The van der Waals surface area contributed by atoms with Crippen LogP contribution in [0, 0.1) is 0 Å². The first-order chi connectivity index (χ1) is 8.34. The van der Waals surface area contributed by atoms with E-state index in [4.69, 9.17) is 34.8 Å². The molecule has 0 aliphatic carbocycles. The van der Waals surface area contributed by atoms with E-state index in [2.05, 4.69) is 0 Å². The highest BCUT2D eigenvalue weighted by molar-refractivity contribution is 6.43. The molecule has 4 nitrogen and oxygen atoms in total. The molecule has 0 bridgehead atoms. The molecule has 1 unspecified atom stereocenters. The highest BCUT2D eigenvalue weighted by Gasteiger charge is 2.42. The third-order valence-corrected chi connectivity index (χ3v) is 3.92. The fourth-order valence-corrected chi connectivity index (χ4v) is 2.54. The number of likely N-dealkylation sites (N-methyl/N-ethyl adjacent to an activating group) is 2. The molecule has 3 amide bonds. The van der Waals surface area contributed by atoms with E-state index in [0.29, 0.717) is 20.6 Å². The minimum absolute atomic E-state index is 0.291. The molecule has 0 radical (unpaired) electrons. The summed E-state index contributed by atoms with van der Waals surface area (Å²) in [5.74, 6) is -0.345. The molecule has 18 heavy (non-hydrogen) atoms. The molecular weight excluding hydrogens is 298 g/mol. The first kappa shape index (κ1) is 13.5. The van der Waals surface area contributed by atoms with Crippen LogP contribution >= 0.6 is 34.8 Å². The van der Waals surface area contributed by atoms with Crippen LogP contribution in [0.1, 0.15) is 11.6 Å². The van der Waals surface area contributed by atoms with E-state index in [1.165, 1.54) is 31.1 Å². The van der Waals surface area contributed by atoms with Gasteiger partial charge in [-0.1, -0.05) is 34.8 Å². The molecule has 1 heterocycles. The maximum absolute atomic E-state index is 12.0. The molecule has 2 rings (SSSR count). The van der Waals surface area contributed by atoms with E-state index in [9.17, 15) is 9.59 Å². The maximum atomic E-state index is 12.0. The standard InChI is InChI=1S/C11H9Cl3N2O2/c1-15-9(10(17)16(2)11(15)18)5-3-7(13)8(14)4-6(5)12/h3-4,9H,1-2H3. The van der Waals surface area contributed by atoms with Crippen LogP contribution in [0.25, 0.3) is 0 Å². The van der Waals surface area contributed by atoms with Gasteiger partial charge in [0, 0.05) is 24.7 Å². The smallest absolute Gasteiger partial charge is 0.311 e. The van der Waals surface area contributed by atoms with Crippen molar-refractivity contribution in [2.75, 3.05) is 14.1 Å². The second kappa shape index (κ2) is 4.61. The van der Waals surface area contributed by atoms with Gasteiger partial charge in [0.1, 0.15) is 6.04 Å². The lowest BCUT2D eigenvalue weighted by molar-refractivity contribution is -0.127. The van der Waals surface area contributed by atoms with Crippen LogP contribution < -0.4 is 0 Å². The lowest BCUT2D eigenvalue weighted by Crippen LogP contribution is -2.27. The summed E-state index contributed by atoms with van der Waals surface area (Å²) in [6, 6.07) is 1.83. The van der Waals surface area contributed by atoms with Crippen molar-refractivity contribution in [2.24, 2.45) is 0 Å².